The molecule has 2 aromatic rings. The molecule has 0 spiro atoms. The van der Waals surface area contributed by atoms with E-state index in [1.54, 1.807) is 0 Å². The van der Waals surface area contributed by atoms with Gasteiger partial charge in [0, 0.05) is 12.1 Å². The fourth-order valence-corrected chi connectivity index (χ4v) is 1.43. The molecule has 2 rings (SSSR count). The number of ether oxygens (including phenoxy) is 1. The lowest BCUT2D eigenvalue weighted by atomic mass is 10.3. The molecule has 0 aromatic heterocycles. The molecule has 0 aliphatic carbocycles. The van der Waals surface area contributed by atoms with Gasteiger partial charge in [-0.15, -0.1) is 0 Å². The third kappa shape index (κ3) is 2.65. The van der Waals surface area contributed by atoms with E-state index in [-0.39, 0.29) is 22.2 Å². The molecule has 2 N–H and O–H groups in total. The van der Waals surface area contributed by atoms with E-state index in [2.05, 4.69) is 0 Å². The summed E-state index contributed by atoms with van der Waals surface area (Å²) in [6.07, 6.45) is 0. The minimum absolute atomic E-state index is 0.0718. The Kier molecular flexibility index (Phi) is 3.15. The van der Waals surface area contributed by atoms with Crippen LogP contribution >= 0.6 is 11.6 Å². The van der Waals surface area contributed by atoms with Crippen LogP contribution in [0.5, 0.6) is 11.5 Å². The summed E-state index contributed by atoms with van der Waals surface area (Å²) in [6.45, 7) is 0. The standard InChI is InChI=1S/C12H8ClF2NO/c13-9-6-8(2-3-10(9)15)17-12-5-7(14)1-4-11(12)16/h1-6H,16H2. The maximum atomic E-state index is 13.0. The molecular formula is C12H8ClF2NO. The van der Waals surface area contributed by atoms with Crippen molar-refractivity contribution in [1.29, 1.82) is 0 Å². The Balaban J connectivity index is 2.31. The largest absolute Gasteiger partial charge is 0.455 e. The minimum atomic E-state index is -0.550. The molecule has 88 valence electrons. The summed E-state index contributed by atoms with van der Waals surface area (Å²) in [7, 11) is 0. The minimum Gasteiger partial charge on any atom is -0.455 e. The van der Waals surface area contributed by atoms with Crippen LogP contribution in [0.15, 0.2) is 36.4 Å². The van der Waals surface area contributed by atoms with E-state index in [0.29, 0.717) is 0 Å². The number of rotatable bonds is 2. The van der Waals surface area contributed by atoms with Gasteiger partial charge in [-0.05, 0) is 24.3 Å². The molecule has 0 unspecified atom stereocenters. The average Bonchev–Trinajstić information content (AvgIpc) is 2.29. The van der Waals surface area contributed by atoms with Crippen molar-refractivity contribution >= 4 is 17.3 Å². The van der Waals surface area contributed by atoms with Gasteiger partial charge in [-0.2, -0.15) is 0 Å². The summed E-state index contributed by atoms with van der Waals surface area (Å²) < 4.78 is 31.2. The van der Waals surface area contributed by atoms with E-state index in [0.717, 1.165) is 12.1 Å². The van der Waals surface area contributed by atoms with Crippen LogP contribution in [-0.4, -0.2) is 0 Å². The topological polar surface area (TPSA) is 35.2 Å². The van der Waals surface area contributed by atoms with Gasteiger partial charge >= 0.3 is 0 Å². The Hall–Kier alpha value is -1.81. The van der Waals surface area contributed by atoms with Crippen molar-refractivity contribution in [3.05, 3.63) is 53.1 Å². The Labute approximate surface area is 102 Å². The molecule has 5 heteroatoms. The fourth-order valence-electron chi connectivity index (χ4n) is 1.26. The summed E-state index contributed by atoms with van der Waals surface area (Å²) in [6, 6.07) is 7.59. The van der Waals surface area contributed by atoms with Crippen molar-refractivity contribution in [1.82, 2.24) is 0 Å². The highest BCUT2D eigenvalue weighted by atomic mass is 35.5. The lowest BCUT2D eigenvalue weighted by Gasteiger charge is -2.08. The molecule has 0 aliphatic rings. The van der Waals surface area contributed by atoms with E-state index in [4.69, 9.17) is 22.1 Å². The smallest absolute Gasteiger partial charge is 0.153 e. The first-order valence-corrected chi connectivity index (χ1v) is 5.12. The lowest BCUT2D eigenvalue weighted by molar-refractivity contribution is 0.477. The van der Waals surface area contributed by atoms with E-state index in [9.17, 15) is 8.78 Å². The van der Waals surface area contributed by atoms with Gasteiger partial charge in [0.2, 0.25) is 0 Å². The van der Waals surface area contributed by atoms with Gasteiger partial charge in [-0.1, -0.05) is 11.6 Å². The number of nitrogens with two attached hydrogens (primary N) is 1. The predicted molar refractivity (Wildman–Crippen MR) is 62.3 cm³/mol. The SMILES string of the molecule is Nc1ccc(F)cc1Oc1ccc(F)c(Cl)c1. The van der Waals surface area contributed by atoms with Crippen LogP contribution in [-0.2, 0) is 0 Å². The number of nitrogen functional groups attached to an aromatic ring is 1. The quantitative estimate of drug-likeness (QED) is 0.824. The molecule has 2 nitrogen and oxygen atoms in total. The highest BCUT2D eigenvalue weighted by molar-refractivity contribution is 6.30. The van der Waals surface area contributed by atoms with Crippen molar-refractivity contribution in [2.75, 3.05) is 5.73 Å². The van der Waals surface area contributed by atoms with Gasteiger partial charge in [0.05, 0.1) is 10.7 Å². The second kappa shape index (κ2) is 4.59. The van der Waals surface area contributed by atoms with E-state index >= 15 is 0 Å². The number of hydrogen-bond acceptors (Lipinski definition) is 2. The molecule has 0 saturated carbocycles. The first kappa shape index (κ1) is 11.7. The molecule has 2 aromatic carbocycles. The molecule has 0 amide bonds. The summed E-state index contributed by atoms with van der Waals surface area (Å²) in [4.78, 5) is 0. The third-order valence-corrected chi connectivity index (χ3v) is 2.38. The lowest BCUT2D eigenvalue weighted by Crippen LogP contribution is -1.93. The molecule has 0 aliphatic heterocycles. The zero-order chi connectivity index (χ0) is 12.4. The van der Waals surface area contributed by atoms with Crippen molar-refractivity contribution in [3.63, 3.8) is 0 Å². The average molecular weight is 256 g/mol. The molecular weight excluding hydrogens is 248 g/mol. The van der Waals surface area contributed by atoms with Gasteiger partial charge in [0.25, 0.3) is 0 Å². The second-order valence-corrected chi connectivity index (χ2v) is 3.77. The normalized spacial score (nSPS) is 10.3. The van der Waals surface area contributed by atoms with E-state index < -0.39 is 11.6 Å². The van der Waals surface area contributed by atoms with Gasteiger partial charge in [-0.25, -0.2) is 8.78 Å². The van der Waals surface area contributed by atoms with Crippen LogP contribution < -0.4 is 10.5 Å². The highest BCUT2D eigenvalue weighted by Crippen LogP contribution is 2.30. The van der Waals surface area contributed by atoms with E-state index in [1.807, 2.05) is 0 Å². The Morgan fingerprint density at radius 2 is 1.82 bits per heavy atom. The highest BCUT2D eigenvalue weighted by Gasteiger charge is 2.06. The van der Waals surface area contributed by atoms with Gasteiger partial charge in [0.15, 0.2) is 5.75 Å². The van der Waals surface area contributed by atoms with Crippen LogP contribution in [0.2, 0.25) is 5.02 Å². The van der Waals surface area contributed by atoms with Crippen molar-refractivity contribution in [3.8, 4) is 11.5 Å². The molecule has 0 saturated heterocycles. The molecule has 0 fully saturated rings. The van der Waals surface area contributed by atoms with Crippen LogP contribution in [0, 0.1) is 11.6 Å². The van der Waals surface area contributed by atoms with Crippen LogP contribution in [0.25, 0.3) is 0 Å². The zero-order valence-corrected chi connectivity index (χ0v) is 9.34. The molecule has 17 heavy (non-hydrogen) atoms. The van der Waals surface area contributed by atoms with Gasteiger partial charge in [0.1, 0.15) is 17.4 Å². The predicted octanol–water partition coefficient (Wildman–Crippen LogP) is 3.99. The summed E-state index contributed by atoms with van der Waals surface area (Å²) in [5.41, 5.74) is 5.89. The first-order valence-electron chi connectivity index (χ1n) is 4.74. The zero-order valence-electron chi connectivity index (χ0n) is 8.58. The second-order valence-electron chi connectivity index (χ2n) is 3.36. The maximum Gasteiger partial charge on any atom is 0.153 e. The van der Waals surface area contributed by atoms with Crippen LogP contribution in [0.4, 0.5) is 14.5 Å². The molecule has 0 radical (unpaired) electrons. The number of halogens is 3. The van der Waals surface area contributed by atoms with Gasteiger partial charge in [-0.3, -0.25) is 0 Å². The van der Waals surface area contributed by atoms with Crippen LogP contribution in [0.1, 0.15) is 0 Å². The summed E-state index contributed by atoms with van der Waals surface area (Å²) >= 11 is 5.59. The fraction of sp³-hybridized carbons (Fsp3) is 0. The summed E-state index contributed by atoms with van der Waals surface area (Å²) in [5.74, 6) is -0.574. The van der Waals surface area contributed by atoms with Gasteiger partial charge < -0.3 is 10.5 Å². The first-order chi connectivity index (χ1) is 8.06. The molecule has 0 heterocycles. The van der Waals surface area contributed by atoms with Crippen molar-refractivity contribution in [2.45, 2.75) is 0 Å². The van der Waals surface area contributed by atoms with Crippen molar-refractivity contribution < 1.29 is 13.5 Å². The Morgan fingerprint density at radius 3 is 2.53 bits per heavy atom. The van der Waals surface area contributed by atoms with Crippen molar-refractivity contribution in [2.24, 2.45) is 0 Å². The number of benzene rings is 2. The Morgan fingerprint density at radius 1 is 1.06 bits per heavy atom. The van der Waals surface area contributed by atoms with E-state index in [1.165, 1.54) is 24.3 Å². The third-order valence-electron chi connectivity index (χ3n) is 2.09. The summed E-state index contributed by atoms with van der Waals surface area (Å²) in [5, 5.41) is -0.0718. The maximum absolute atomic E-state index is 13.0. The van der Waals surface area contributed by atoms with Crippen LogP contribution in [0.3, 0.4) is 0 Å². The molecule has 0 atom stereocenters. The molecule has 0 bridgehead atoms. The Bertz CT molecular complexity index is 560. The monoisotopic (exact) mass is 255 g/mol. The number of hydrogen-bond donors (Lipinski definition) is 1. The number of anilines is 1.